The summed E-state index contributed by atoms with van der Waals surface area (Å²) in [6, 6.07) is 12.7. The predicted molar refractivity (Wildman–Crippen MR) is 110 cm³/mol. The number of fused-ring (bicyclic) bond motifs is 1. The molecule has 3 N–H and O–H groups in total. The Labute approximate surface area is 178 Å². The number of nitrogens with one attached hydrogen (secondary N) is 3. The van der Waals surface area contributed by atoms with Crippen LogP contribution in [-0.2, 0) is 16.1 Å². The van der Waals surface area contributed by atoms with E-state index in [-0.39, 0.29) is 18.1 Å². The van der Waals surface area contributed by atoms with Crippen molar-refractivity contribution in [2.75, 3.05) is 19.6 Å². The number of urea groups is 1. The van der Waals surface area contributed by atoms with E-state index in [1.54, 1.807) is 18.2 Å². The molecule has 0 bridgehead atoms. The maximum Gasteiger partial charge on any atom is 0.322 e. The summed E-state index contributed by atoms with van der Waals surface area (Å²) in [5, 5.41) is 7.28. The van der Waals surface area contributed by atoms with E-state index in [0.717, 1.165) is 5.56 Å². The van der Waals surface area contributed by atoms with Crippen LogP contribution in [0, 0.1) is 5.82 Å². The van der Waals surface area contributed by atoms with E-state index < -0.39 is 24.1 Å². The molecule has 2 aromatic rings. The molecule has 2 aromatic carbocycles. The summed E-state index contributed by atoms with van der Waals surface area (Å²) in [6.07, 6.45) is -0.612. The topological polar surface area (TPSA) is 99.8 Å². The molecule has 0 spiro atoms. The quantitative estimate of drug-likeness (QED) is 0.608. The number of halogens is 1. The summed E-state index contributed by atoms with van der Waals surface area (Å²) in [7, 11) is 0. The second kappa shape index (κ2) is 9.13. The van der Waals surface area contributed by atoms with Crippen molar-refractivity contribution in [2.45, 2.75) is 25.1 Å². The fourth-order valence-corrected chi connectivity index (χ4v) is 3.76. The van der Waals surface area contributed by atoms with Gasteiger partial charge in [0.25, 0.3) is 5.91 Å². The highest BCUT2D eigenvalue weighted by Crippen LogP contribution is 2.31. The summed E-state index contributed by atoms with van der Waals surface area (Å²) in [6.45, 7) is 1.90. The Bertz CT molecular complexity index is 999. The molecule has 162 valence electrons. The Morgan fingerprint density at radius 1 is 1.16 bits per heavy atom. The van der Waals surface area contributed by atoms with Crippen molar-refractivity contribution in [3.63, 3.8) is 0 Å². The highest BCUT2D eigenvalue weighted by Gasteiger charge is 2.31. The number of nitrogens with zero attached hydrogens (tertiary/aromatic N) is 1. The first-order chi connectivity index (χ1) is 15.0. The zero-order valence-electron chi connectivity index (χ0n) is 16.8. The molecule has 0 radical (unpaired) electrons. The van der Waals surface area contributed by atoms with Crippen LogP contribution >= 0.6 is 0 Å². The molecular weight excluding hydrogens is 403 g/mol. The zero-order chi connectivity index (χ0) is 21.8. The summed E-state index contributed by atoms with van der Waals surface area (Å²) in [4.78, 5) is 37.0. The minimum Gasteiger partial charge on any atom is -0.484 e. The predicted octanol–water partition coefficient (Wildman–Crippen LogP) is 1.48. The second-order valence-corrected chi connectivity index (χ2v) is 7.54. The average molecular weight is 426 g/mol. The lowest BCUT2D eigenvalue weighted by Crippen LogP contribution is -2.40. The van der Waals surface area contributed by atoms with E-state index in [1.165, 1.54) is 6.07 Å². The van der Waals surface area contributed by atoms with Crippen LogP contribution in [0.3, 0.4) is 0 Å². The lowest BCUT2D eigenvalue weighted by atomic mass is 10.1. The van der Waals surface area contributed by atoms with Crippen molar-refractivity contribution in [1.29, 1.82) is 0 Å². The van der Waals surface area contributed by atoms with Crippen LogP contribution in [0.25, 0.3) is 0 Å². The number of benzene rings is 2. The summed E-state index contributed by atoms with van der Waals surface area (Å²) >= 11 is 0. The van der Waals surface area contributed by atoms with Crippen LogP contribution in [0.15, 0.2) is 48.5 Å². The molecule has 0 aliphatic carbocycles. The zero-order valence-corrected chi connectivity index (χ0v) is 16.8. The molecule has 8 nitrogen and oxygen atoms in total. The number of para-hydroxylation sites is 1. The SMILES string of the molecule is O=C(CC1NC(=O)NC1=O)NCCN1Cc2ccccc2OC(c2ccccc2F)C1. The Balaban J connectivity index is 1.39. The summed E-state index contributed by atoms with van der Waals surface area (Å²) in [5.41, 5.74) is 1.47. The Morgan fingerprint density at radius 3 is 2.71 bits per heavy atom. The summed E-state index contributed by atoms with van der Waals surface area (Å²) < 4.78 is 20.5. The summed E-state index contributed by atoms with van der Waals surface area (Å²) in [5.74, 6) is -0.448. The number of rotatable bonds is 6. The van der Waals surface area contributed by atoms with Crippen LogP contribution < -0.4 is 20.7 Å². The maximum atomic E-state index is 14.4. The van der Waals surface area contributed by atoms with E-state index in [0.29, 0.717) is 37.5 Å². The smallest absolute Gasteiger partial charge is 0.322 e. The third kappa shape index (κ3) is 5.00. The van der Waals surface area contributed by atoms with Gasteiger partial charge in [-0.05, 0) is 12.1 Å². The lowest BCUT2D eigenvalue weighted by molar-refractivity contribution is -0.126. The van der Waals surface area contributed by atoms with Crippen LogP contribution in [0.2, 0.25) is 0 Å². The van der Waals surface area contributed by atoms with Gasteiger partial charge < -0.3 is 15.4 Å². The maximum absolute atomic E-state index is 14.4. The van der Waals surface area contributed by atoms with Gasteiger partial charge in [-0.25, -0.2) is 9.18 Å². The van der Waals surface area contributed by atoms with Crippen molar-refractivity contribution in [1.82, 2.24) is 20.9 Å². The molecule has 31 heavy (non-hydrogen) atoms. The lowest BCUT2D eigenvalue weighted by Gasteiger charge is -2.24. The van der Waals surface area contributed by atoms with Gasteiger partial charge in [0.05, 0.1) is 6.42 Å². The van der Waals surface area contributed by atoms with E-state index in [2.05, 4.69) is 20.9 Å². The molecule has 2 heterocycles. The molecule has 2 atom stereocenters. The third-order valence-electron chi connectivity index (χ3n) is 5.31. The van der Waals surface area contributed by atoms with Crippen LogP contribution in [-0.4, -0.2) is 48.4 Å². The Morgan fingerprint density at radius 2 is 1.94 bits per heavy atom. The van der Waals surface area contributed by atoms with E-state index in [1.807, 2.05) is 24.3 Å². The number of carbonyl (C=O) groups is 3. The van der Waals surface area contributed by atoms with Gasteiger partial charge in [0.2, 0.25) is 5.91 Å². The van der Waals surface area contributed by atoms with Crippen LogP contribution in [0.5, 0.6) is 5.75 Å². The van der Waals surface area contributed by atoms with Gasteiger partial charge in [-0.3, -0.25) is 19.8 Å². The molecule has 1 saturated heterocycles. The fraction of sp³-hybridized carbons (Fsp3) is 0.318. The molecule has 1 fully saturated rings. The standard InChI is InChI=1S/C22H23FN4O4/c23-16-7-3-2-6-15(16)19-13-27(12-14-5-1-4-8-18(14)31-19)10-9-24-20(28)11-17-21(29)26-22(30)25-17/h1-8,17,19H,9-13H2,(H,24,28)(H2,25,26,29,30). The Kier molecular flexibility index (Phi) is 6.13. The number of amides is 4. The van der Waals surface area contributed by atoms with Gasteiger partial charge in [0, 0.05) is 37.3 Å². The first-order valence-electron chi connectivity index (χ1n) is 10.1. The van der Waals surface area contributed by atoms with Gasteiger partial charge >= 0.3 is 6.03 Å². The molecule has 2 aliphatic heterocycles. The van der Waals surface area contributed by atoms with E-state index in [4.69, 9.17) is 4.74 Å². The van der Waals surface area contributed by atoms with Crippen molar-refractivity contribution < 1.29 is 23.5 Å². The number of carbonyl (C=O) groups excluding carboxylic acids is 3. The molecule has 4 amide bonds. The van der Waals surface area contributed by atoms with Crippen molar-refractivity contribution in [3.05, 3.63) is 65.5 Å². The minimum absolute atomic E-state index is 0.124. The van der Waals surface area contributed by atoms with Gasteiger partial charge in [0.1, 0.15) is 23.7 Å². The molecule has 0 saturated carbocycles. The first kappa shape index (κ1) is 20.8. The molecule has 0 aromatic heterocycles. The fourth-order valence-electron chi connectivity index (χ4n) is 3.76. The molecule has 2 aliphatic rings. The van der Waals surface area contributed by atoms with E-state index >= 15 is 0 Å². The normalized spacial score (nSPS) is 20.8. The van der Waals surface area contributed by atoms with E-state index in [9.17, 15) is 18.8 Å². The van der Waals surface area contributed by atoms with Crippen molar-refractivity contribution >= 4 is 17.8 Å². The third-order valence-corrected chi connectivity index (χ3v) is 5.31. The average Bonchev–Trinajstić information content (AvgIpc) is 2.94. The first-order valence-corrected chi connectivity index (χ1v) is 10.1. The number of ether oxygens (including phenoxy) is 1. The van der Waals surface area contributed by atoms with Crippen LogP contribution in [0.4, 0.5) is 9.18 Å². The Hall–Kier alpha value is -3.46. The second-order valence-electron chi connectivity index (χ2n) is 7.54. The molecular formula is C22H23FN4O4. The van der Waals surface area contributed by atoms with Gasteiger partial charge in [-0.15, -0.1) is 0 Å². The molecule has 4 rings (SSSR count). The number of imide groups is 1. The minimum atomic E-state index is -0.851. The van der Waals surface area contributed by atoms with Gasteiger partial charge in [0.15, 0.2) is 0 Å². The van der Waals surface area contributed by atoms with Crippen molar-refractivity contribution in [3.8, 4) is 5.75 Å². The van der Waals surface area contributed by atoms with Crippen LogP contribution in [0.1, 0.15) is 23.7 Å². The molecule has 2 unspecified atom stereocenters. The van der Waals surface area contributed by atoms with Gasteiger partial charge in [-0.2, -0.15) is 0 Å². The molecule has 9 heteroatoms. The van der Waals surface area contributed by atoms with Crippen molar-refractivity contribution in [2.24, 2.45) is 0 Å². The highest BCUT2D eigenvalue weighted by atomic mass is 19.1. The largest absolute Gasteiger partial charge is 0.484 e. The highest BCUT2D eigenvalue weighted by molar-refractivity contribution is 6.05. The number of hydrogen-bond donors (Lipinski definition) is 3. The number of hydrogen-bond acceptors (Lipinski definition) is 5. The monoisotopic (exact) mass is 426 g/mol. The van der Waals surface area contributed by atoms with Gasteiger partial charge in [-0.1, -0.05) is 36.4 Å².